The minimum absolute atomic E-state index is 0. The van der Waals surface area contributed by atoms with Gasteiger partial charge in [-0.1, -0.05) is 42.5 Å². The average molecular weight is 524 g/mol. The van der Waals surface area contributed by atoms with Crippen molar-refractivity contribution >= 4 is 35.8 Å². The summed E-state index contributed by atoms with van der Waals surface area (Å²) in [6.45, 7) is 4.89. The first-order valence-corrected chi connectivity index (χ1v) is 9.84. The number of carbonyl (C=O) groups excluding carboxylic acids is 1. The van der Waals surface area contributed by atoms with Gasteiger partial charge in [-0.25, -0.2) is 4.99 Å². The number of guanidine groups is 1. The molecule has 7 heteroatoms. The van der Waals surface area contributed by atoms with E-state index in [2.05, 4.69) is 52.9 Å². The van der Waals surface area contributed by atoms with Gasteiger partial charge >= 0.3 is 0 Å². The molecule has 0 aliphatic heterocycles. The van der Waals surface area contributed by atoms with E-state index in [1.54, 1.807) is 26.1 Å². The van der Waals surface area contributed by atoms with Crippen LogP contribution in [0.1, 0.15) is 29.7 Å². The number of methoxy groups -OCH3 is 1. The topological polar surface area (TPSA) is 66.0 Å². The summed E-state index contributed by atoms with van der Waals surface area (Å²) >= 11 is 0. The van der Waals surface area contributed by atoms with Crippen molar-refractivity contribution in [3.05, 3.63) is 65.2 Å². The van der Waals surface area contributed by atoms with Gasteiger partial charge in [0.1, 0.15) is 12.3 Å². The molecule has 1 amide bonds. The second-order valence-electron chi connectivity index (χ2n) is 7.21. The lowest BCUT2D eigenvalue weighted by molar-refractivity contribution is -0.127. The lowest BCUT2D eigenvalue weighted by Gasteiger charge is -2.19. The summed E-state index contributed by atoms with van der Waals surface area (Å²) < 4.78 is 5.40. The number of nitrogens with one attached hydrogen (secondary N) is 2. The van der Waals surface area contributed by atoms with Crippen LogP contribution in [-0.4, -0.2) is 51.1 Å². The molecule has 2 N–H and O–H groups in total. The predicted octanol–water partition coefficient (Wildman–Crippen LogP) is 3.55. The van der Waals surface area contributed by atoms with Crippen LogP contribution in [0.15, 0.2) is 53.5 Å². The summed E-state index contributed by atoms with van der Waals surface area (Å²) in [5.41, 5.74) is 3.45. The van der Waals surface area contributed by atoms with E-state index >= 15 is 0 Å². The number of amides is 1. The molecule has 0 aromatic heterocycles. The Kier molecular flexibility index (Phi) is 11.2. The first-order valence-electron chi connectivity index (χ1n) is 9.84. The number of likely N-dealkylation sites (N-methyl/N-ethyl adjacent to an activating group) is 1. The molecule has 2 rings (SSSR count). The first-order chi connectivity index (χ1) is 13.9. The van der Waals surface area contributed by atoms with Crippen LogP contribution < -0.4 is 15.4 Å². The molecule has 0 spiro atoms. The van der Waals surface area contributed by atoms with E-state index in [0.717, 1.165) is 23.3 Å². The van der Waals surface area contributed by atoms with Crippen LogP contribution in [0.3, 0.4) is 0 Å². The number of benzene rings is 2. The smallest absolute Gasteiger partial charge is 0.243 e. The van der Waals surface area contributed by atoms with Crippen LogP contribution in [0, 0.1) is 6.92 Å². The number of nitrogens with zero attached hydrogens (tertiary/aromatic N) is 2. The molecule has 0 fully saturated rings. The third-order valence-electron chi connectivity index (χ3n) is 4.70. The zero-order valence-corrected chi connectivity index (χ0v) is 20.8. The minimum atomic E-state index is -0.0401. The van der Waals surface area contributed by atoms with Gasteiger partial charge in [0.05, 0.1) is 13.2 Å². The van der Waals surface area contributed by atoms with Crippen LogP contribution >= 0.6 is 24.0 Å². The van der Waals surface area contributed by atoms with Gasteiger partial charge in [-0.2, -0.15) is 0 Å². The zero-order chi connectivity index (χ0) is 21.2. The van der Waals surface area contributed by atoms with Crippen molar-refractivity contribution in [1.82, 2.24) is 15.5 Å². The van der Waals surface area contributed by atoms with E-state index in [9.17, 15) is 4.79 Å². The molecule has 0 saturated carbocycles. The Hall–Kier alpha value is -2.29. The molecule has 164 valence electrons. The number of hydrogen-bond acceptors (Lipinski definition) is 3. The molecule has 0 saturated heterocycles. The minimum Gasteiger partial charge on any atom is -0.496 e. The van der Waals surface area contributed by atoms with Gasteiger partial charge in [0.2, 0.25) is 5.91 Å². The summed E-state index contributed by atoms with van der Waals surface area (Å²) in [6.07, 6.45) is 0.818. The maximum absolute atomic E-state index is 12.0. The molecule has 1 atom stereocenters. The van der Waals surface area contributed by atoms with Gasteiger partial charge in [0.25, 0.3) is 0 Å². The average Bonchev–Trinajstić information content (AvgIpc) is 2.73. The SMILES string of the molecule is COc1cc(CCNC(=NCC(=O)N(C)C)NC(C)c2ccccc2)ccc1C.I. The van der Waals surface area contributed by atoms with E-state index in [1.165, 1.54) is 5.56 Å². The van der Waals surface area contributed by atoms with Crippen molar-refractivity contribution in [2.75, 3.05) is 34.3 Å². The number of rotatable bonds is 8. The lowest BCUT2D eigenvalue weighted by atomic mass is 10.1. The van der Waals surface area contributed by atoms with Gasteiger partial charge in [-0.3, -0.25) is 4.79 Å². The highest BCUT2D eigenvalue weighted by atomic mass is 127. The second-order valence-corrected chi connectivity index (χ2v) is 7.21. The molecular weight excluding hydrogens is 491 g/mol. The number of halogens is 1. The normalized spacial score (nSPS) is 11.8. The van der Waals surface area contributed by atoms with Crippen LogP contribution in [0.5, 0.6) is 5.75 Å². The predicted molar refractivity (Wildman–Crippen MR) is 134 cm³/mol. The molecule has 0 bridgehead atoms. The van der Waals surface area contributed by atoms with Crippen molar-refractivity contribution in [3.63, 3.8) is 0 Å². The fourth-order valence-corrected chi connectivity index (χ4v) is 2.82. The molecule has 1 unspecified atom stereocenters. The molecule has 0 radical (unpaired) electrons. The lowest BCUT2D eigenvalue weighted by Crippen LogP contribution is -2.40. The number of ether oxygens (including phenoxy) is 1. The number of hydrogen-bond donors (Lipinski definition) is 2. The van der Waals surface area contributed by atoms with Gasteiger partial charge in [-0.15, -0.1) is 24.0 Å². The van der Waals surface area contributed by atoms with E-state index in [4.69, 9.17) is 4.74 Å². The van der Waals surface area contributed by atoms with Crippen molar-refractivity contribution < 1.29 is 9.53 Å². The summed E-state index contributed by atoms with van der Waals surface area (Å²) in [6, 6.07) is 16.4. The Morgan fingerprint density at radius 3 is 2.50 bits per heavy atom. The van der Waals surface area contributed by atoms with Crippen molar-refractivity contribution in [3.8, 4) is 5.75 Å². The van der Waals surface area contributed by atoms with Crippen LogP contribution in [0.2, 0.25) is 0 Å². The molecule has 6 nitrogen and oxygen atoms in total. The van der Waals surface area contributed by atoms with Crippen LogP contribution in [0.25, 0.3) is 0 Å². The van der Waals surface area contributed by atoms with Crippen LogP contribution in [-0.2, 0) is 11.2 Å². The molecule has 0 aliphatic carbocycles. The molecule has 30 heavy (non-hydrogen) atoms. The van der Waals surface area contributed by atoms with Gasteiger partial charge in [-0.05, 0) is 43.0 Å². The van der Waals surface area contributed by atoms with Crippen molar-refractivity contribution in [1.29, 1.82) is 0 Å². The highest BCUT2D eigenvalue weighted by Gasteiger charge is 2.10. The Morgan fingerprint density at radius 2 is 1.87 bits per heavy atom. The quantitative estimate of drug-likeness (QED) is 0.315. The summed E-state index contributed by atoms with van der Waals surface area (Å²) in [7, 11) is 5.15. The Morgan fingerprint density at radius 1 is 1.17 bits per heavy atom. The fraction of sp³-hybridized carbons (Fsp3) is 0.391. The zero-order valence-electron chi connectivity index (χ0n) is 18.4. The molecule has 0 aliphatic rings. The third-order valence-corrected chi connectivity index (χ3v) is 4.70. The van der Waals surface area contributed by atoms with Crippen molar-refractivity contribution in [2.45, 2.75) is 26.3 Å². The van der Waals surface area contributed by atoms with E-state index in [0.29, 0.717) is 12.5 Å². The Labute approximate surface area is 197 Å². The van der Waals surface area contributed by atoms with E-state index in [-0.39, 0.29) is 42.5 Å². The van der Waals surface area contributed by atoms with Gasteiger partial charge in [0, 0.05) is 20.6 Å². The standard InChI is InChI=1S/C23H32N4O2.HI/c1-17-11-12-19(15-21(17)29-5)13-14-24-23(25-16-22(28)27(3)4)26-18(2)20-9-7-6-8-10-20;/h6-12,15,18H,13-14,16H2,1-5H3,(H2,24,25,26);1H. The number of aliphatic imine (C=N–C) groups is 1. The first kappa shape index (κ1) is 25.7. The van der Waals surface area contributed by atoms with Gasteiger partial charge < -0.3 is 20.3 Å². The molecule has 0 heterocycles. The maximum Gasteiger partial charge on any atom is 0.243 e. The van der Waals surface area contributed by atoms with Crippen molar-refractivity contribution in [2.24, 2.45) is 4.99 Å². The highest BCUT2D eigenvalue weighted by Crippen LogP contribution is 2.19. The summed E-state index contributed by atoms with van der Waals surface area (Å²) in [5, 5.41) is 6.73. The Bertz CT molecular complexity index is 825. The molecular formula is C23H33IN4O2. The second kappa shape index (κ2) is 13.1. The maximum atomic E-state index is 12.0. The molecule has 2 aromatic carbocycles. The van der Waals surface area contributed by atoms with Gasteiger partial charge in [0.15, 0.2) is 5.96 Å². The summed E-state index contributed by atoms with van der Waals surface area (Å²) in [4.78, 5) is 18.0. The number of carbonyl (C=O) groups is 1. The molecule has 2 aromatic rings. The third kappa shape index (κ3) is 8.22. The van der Waals surface area contributed by atoms with E-state index < -0.39 is 0 Å². The summed E-state index contributed by atoms with van der Waals surface area (Å²) in [5.74, 6) is 1.47. The van der Waals surface area contributed by atoms with E-state index in [1.807, 2.05) is 25.1 Å². The monoisotopic (exact) mass is 524 g/mol. The Balaban J connectivity index is 0.00000450. The van der Waals surface area contributed by atoms with Crippen LogP contribution in [0.4, 0.5) is 0 Å². The largest absolute Gasteiger partial charge is 0.496 e. The number of aryl methyl sites for hydroxylation is 1. The fourth-order valence-electron chi connectivity index (χ4n) is 2.82. The highest BCUT2D eigenvalue weighted by molar-refractivity contribution is 14.0.